The van der Waals surface area contributed by atoms with E-state index in [4.69, 9.17) is 10.5 Å². The Bertz CT molecular complexity index is 375. The van der Waals surface area contributed by atoms with Gasteiger partial charge >= 0.3 is 5.97 Å². The zero-order valence-electron chi connectivity index (χ0n) is 11.5. The van der Waals surface area contributed by atoms with Crippen molar-refractivity contribution in [3.8, 4) is 0 Å². The Hall–Kier alpha value is -1.06. The Kier molecular flexibility index (Phi) is 2.95. The predicted octanol–water partition coefficient (Wildman–Crippen LogP) is 2.15. The highest BCUT2D eigenvalue weighted by Gasteiger charge is 2.60. The van der Waals surface area contributed by atoms with Crippen LogP contribution in [0.25, 0.3) is 0 Å². The van der Waals surface area contributed by atoms with E-state index in [9.17, 15) is 9.59 Å². The van der Waals surface area contributed by atoms with Crippen LogP contribution >= 0.6 is 0 Å². The molecule has 0 atom stereocenters. The fourth-order valence-electron chi connectivity index (χ4n) is 3.73. The highest BCUT2D eigenvalue weighted by molar-refractivity contribution is 5.83. The van der Waals surface area contributed by atoms with Crippen LogP contribution < -0.4 is 5.73 Å². The molecule has 102 valence electrons. The van der Waals surface area contributed by atoms with Crippen LogP contribution in [-0.2, 0) is 14.3 Å². The van der Waals surface area contributed by atoms with Crippen molar-refractivity contribution in [3.05, 3.63) is 0 Å². The van der Waals surface area contributed by atoms with Crippen LogP contribution in [-0.4, -0.2) is 17.5 Å². The van der Waals surface area contributed by atoms with Crippen LogP contribution in [0.1, 0.15) is 59.3 Å². The summed E-state index contributed by atoms with van der Waals surface area (Å²) < 4.78 is 5.37. The molecule has 3 saturated carbocycles. The maximum Gasteiger partial charge on any atom is 0.306 e. The lowest BCUT2D eigenvalue weighted by Gasteiger charge is -2.59. The van der Waals surface area contributed by atoms with Crippen molar-refractivity contribution in [2.75, 3.05) is 0 Å². The molecule has 3 fully saturated rings. The van der Waals surface area contributed by atoms with E-state index in [2.05, 4.69) is 0 Å². The fourth-order valence-corrected chi connectivity index (χ4v) is 3.73. The number of rotatable bonds is 3. The van der Waals surface area contributed by atoms with Crippen LogP contribution in [0.15, 0.2) is 0 Å². The Morgan fingerprint density at radius 1 is 1.22 bits per heavy atom. The van der Waals surface area contributed by atoms with Gasteiger partial charge in [-0.1, -0.05) is 6.42 Å². The Labute approximate surface area is 108 Å². The minimum absolute atomic E-state index is 0.0182. The van der Waals surface area contributed by atoms with Crippen LogP contribution in [0.4, 0.5) is 0 Å². The third-order valence-corrected chi connectivity index (χ3v) is 4.25. The molecular formula is C14H23NO3. The molecule has 0 heterocycles. The fraction of sp³-hybridized carbons (Fsp3) is 0.857. The molecule has 0 aromatic carbocycles. The molecule has 4 nitrogen and oxygen atoms in total. The van der Waals surface area contributed by atoms with Crippen LogP contribution in [0.2, 0.25) is 0 Å². The first-order chi connectivity index (χ1) is 8.17. The number of hydrogen-bond donors (Lipinski definition) is 1. The molecule has 0 spiro atoms. The summed E-state index contributed by atoms with van der Waals surface area (Å²) in [6.45, 7) is 5.62. The first-order valence-corrected chi connectivity index (χ1v) is 6.68. The Balaban J connectivity index is 1.96. The van der Waals surface area contributed by atoms with E-state index in [-0.39, 0.29) is 22.7 Å². The summed E-state index contributed by atoms with van der Waals surface area (Å²) >= 11 is 0. The summed E-state index contributed by atoms with van der Waals surface area (Å²) in [5.41, 5.74) is 4.70. The second-order valence-corrected chi connectivity index (χ2v) is 7.11. The van der Waals surface area contributed by atoms with Crippen molar-refractivity contribution in [2.45, 2.75) is 64.9 Å². The maximum atomic E-state index is 11.9. The largest absolute Gasteiger partial charge is 0.460 e. The van der Waals surface area contributed by atoms with E-state index in [0.717, 1.165) is 32.1 Å². The molecule has 0 aliphatic heterocycles. The maximum absolute atomic E-state index is 11.9. The highest BCUT2D eigenvalue weighted by atomic mass is 16.6. The van der Waals surface area contributed by atoms with Gasteiger partial charge in [0.25, 0.3) is 0 Å². The average Bonchev–Trinajstić information content (AvgIpc) is 2.12. The minimum atomic E-state index is -0.438. The summed E-state index contributed by atoms with van der Waals surface area (Å²) in [6, 6.07) is 0. The van der Waals surface area contributed by atoms with Crippen molar-refractivity contribution in [3.63, 3.8) is 0 Å². The zero-order valence-corrected chi connectivity index (χ0v) is 11.5. The normalized spacial score (nSPS) is 34.6. The third-order valence-electron chi connectivity index (χ3n) is 4.25. The monoisotopic (exact) mass is 253 g/mol. The van der Waals surface area contributed by atoms with Gasteiger partial charge in [-0.2, -0.15) is 0 Å². The first-order valence-electron chi connectivity index (χ1n) is 6.68. The Morgan fingerprint density at radius 3 is 2.33 bits per heavy atom. The van der Waals surface area contributed by atoms with Crippen molar-refractivity contribution in [1.82, 2.24) is 0 Å². The number of nitrogens with two attached hydrogens (primary N) is 1. The molecule has 0 radical (unpaired) electrons. The van der Waals surface area contributed by atoms with Crippen molar-refractivity contribution >= 4 is 11.9 Å². The Morgan fingerprint density at radius 2 is 1.83 bits per heavy atom. The molecule has 3 aliphatic carbocycles. The second kappa shape index (κ2) is 3.97. The molecular weight excluding hydrogens is 230 g/mol. The second-order valence-electron chi connectivity index (χ2n) is 7.11. The number of esters is 1. The van der Waals surface area contributed by atoms with Gasteiger partial charge in [-0.25, -0.2) is 0 Å². The van der Waals surface area contributed by atoms with Crippen LogP contribution in [0.5, 0.6) is 0 Å². The summed E-state index contributed by atoms with van der Waals surface area (Å²) in [5.74, 6) is -0.343. The van der Waals surface area contributed by atoms with E-state index < -0.39 is 5.60 Å². The summed E-state index contributed by atoms with van der Waals surface area (Å²) in [7, 11) is 0. The van der Waals surface area contributed by atoms with Gasteiger partial charge in [0.05, 0.1) is 11.8 Å². The smallest absolute Gasteiger partial charge is 0.306 e. The summed E-state index contributed by atoms with van der Waals surface area (Å²) in [6.07, 6.45) is 4.87. The molecule has 2 bridgehead atoms. The molecule has 2 N–H and O–H groups in total. The van der Waals surface area contributed by atoms with E-state index in [1.807, 2.05) is 20.8 Å². The van der Waals surface area contributed by atoms with Gasteiger partial charge in [0.1, 0.15) is 5.60 Å². The number of primary amides is 1. The molecule has 0 aromatic rings. The third kappa shape index (κ3) is 2.38. The van der Waals surface area contributed by atoms with Crippen molar-refractivity contribution in [2.24, 2.45) is 16.6 Å². The summed E-state index contributed by atoms with van der Waals surface area (Å²) in [5, 5.41) is 0. The van der Waals surface area contributed by atoms with E-state index in [0.29, 0.717) is 6.42 Å². The van der Waals surface area contributed by atoms with Gasteiger partial charge in [0, 0.05) is 0 Å². The number of carbonyl (C=O) groups is 2. The lowest BCUT2D eigenvalue weighted by atomic mass is 9.44. The van der Waals surface area contributed by atoms with Crippen LogP contribution in [0.3, 0.4) is 0 Å². The van der Waals surface area contributed by atoms with Gasteiger partial charge < -0.3 is 10.5 Å². The van der Waals surface area contributed by atoms with Crippen molar-refractivity contribution in [1.29, 1.82) is 0 Å². The lowest BCUT2D eigenvalue weighted by Crippen LogP contribution is -2.57. The molecule has 0 unspecified atom stereocenters. The molecule has 0 saturated heterocycles. The molecule has 1 amide bonds. The zero-order chi connectivity index (χ0) is 13.6. The number of fused-ring (bicyclic) bond motifs is 2. The number of amides is 1. The number of carbonyl (C=O) groups excluding carboxylic acids is 2. The molecule has 3 aliphatic rings. The predicted molar refractivity (Wildman–Crippen MR) is 67.6 cm³/mol. The van der Waals surface area contributed by atoms with E-state index >= 15 is 0 Å². The molecule has 4 heteroatoms. The molecule has 3 rings (SSSR count). The highest BCUT2D eigenvalue weighted by Crippen LogP contribution is 2.65. The molecule has 18 heavy (non-hydrogen) atoms. The minimum Gasteiger partial charge on any atom is -0.460 e. The number of ether oxygens (including phenoxy) is 1. The topological polar surface area (TPSA) is 69.4 Å². The van der Waals surface area contributed by atoms with E-state index in [1.54, 1.807) is 0 Å². The van der Waals surface area contributed by atoms with Gasteiger partial charge in [-0.3, -0.25) is 9.59 Å². The standard InChI is InChI=1S/C14H23NO3/c1-12(2,3)18-10(16)7-13-5-4-6-14(8-13,9-13)11(15)17/h4-9H2,1-3H3,(H2,15,17). The average molecular weight is 253 g/mol. The van der Waals surface area contributed by atoms with Gasteiger partial charge in [0.15, 0.2) is 0 Å². The van der Waals surface area contributed by atoms with Crippen LogP contribution in [0, 0.1) is 10.8 Å². The van der Waals surface area contributed by atoms with E-state index in [1.165, 1.54) is 0 Å². The lowest BCUT2D eigenvalue weighted by molar-refractivity contribution is -0.173. The molecule has 0 aromatic heterocycles. The quantitative estimate of drug-likeness (QED) is 0.783. The SMILES string of the molecule is CC(C)(C)OC(=O)CC12CCCC(C(N)=O)(C1)C2. The van der Waals surface area contributed by atoms with Gasteiger partial charge in [-0.05, 0) is 51.9 Å². The first kappa shape index (κ1) is 13.4. The number of hydrogen-bond acceptors (Lipinski definition) is 3. The van der Waals surface area contributed by atoms with Gasteiger partial charge in [-0.15, -0.1) is 0 Å². The van der Waals surface area contributed by atoms with Gasteiger partial charge in [0.2, 0.25) is 5.91 Å². The van der Waals surface area contributed by atoms with Crippen molar-refractivity contribution < 1.29 is 14.3 Å². The summed E-state index contributed by atoms with van der Waals surface area (Å²) in [4.78, 5) is 23.4.